The van der Waals surface area contributed by atoms with E-state index >= 15 is 0 Å². The smallest absolute Gasteiger partial charge is 0.0595 e. The van der Waals surface area contributed by atoms with Crippen molar-refractivity contribution in [3.05, 3.63) is 33.8 Å². The van der Waals surface area contributed by atoms with Gasteiger partial charge in [-0.25, -0.2) is 0 Å². The van der Waals surface area contributed by atoms with Crippen molar-refractivity contribution < 1.29 is 0 Å². The largest absolute Gasteiger partial charge is 0.320 e. The van der Waals surface area contributed by atoms with E-state index in [1.54, 1.807) is 0 Å². The molecule has 1 atom stereocenters. The second-order valence-electron chi connectivity index (χ2n) is 4.28. The van der Waals surface area contributed by atoms with Gasteiger partial charge in [-0.3, -0.25) is 0 Å². The van der Waals surface area contributed by atoms with Gasteiger partial charge in [-0.05, 0) is 56.5 Å². The van der Waals surface area contributed by atoms with Gasteiger partial charge in [-0.15, -0.1) is 0 Å². The molecule has 1 aromatic rings. The quantitative estimate of drug-likeness (QED) is 0.809. The number of benzene rings is 1. The Hall–Kier alpha value is -0.240. The zero-order chi connectivity index (χ0) is 12.0. The highest BCUT2D eigenvalue weighted by Gasteiger charge is 2.04. The molecular weight excluding hydrogens is 241 g/mol. The lowest BCUT2D eigenvalue weighted by molar-refractivity contribution is 0.482. The summed E-state index contributed by atoms with van der Waals surface area (Å²) in [6, 6.07) is 5.89. The van der Waals surface area contributed by atoms with Gasteiger partial charge in [0.25, 0.3) is 0 Å². The Kier molecular flexibility index (Phi) is 6.18. The van der Waals surface area contributed by atoms with E-state index in [4.69, 9.17) is 23.2 Å². The van der Waals surface area contributed by atoms with Crippen molar-refractivity contribution in [3.8, 4) is 0 Å². The van der Waals surface area contributed by atoms with Gasteiger partial charge in [-0.2, -0.15) is 0 Å². The number of rotatable bonds is 6. The van der Waals surface area contributed by atoms with Crippen LogP contribution in [0.2, 0.25) is 10.0 Å². The lowest BCUT2D eigenvalue weighted by atomic mass is 9.98. The maximum atomic E-state index is 5.97. The number of hydrogen-bond donors (Lipinski definition) is 1. The molecule has 0 heterocycles. The zero-order valence-corrected chi connectivity index (χ0v) is 11.4. The lowest BCUT2D eigenvalue weighted by Crippen LogP contribution is -2.11. The van der Waals surface area contributed by atoms with Crippen molar-refractivity contribution in [3.63, 3.8) is 0 Å². The van der Waals surface area contributed by atoms with Gasteiger partial charge >= 0.3 is 0 Å². The summed E-state index contributed by atoms with van der Waals surface area (Å²) in [5.74, 6) is 0.738. The van der Waals surface area contributed by atoms with Crippen LogP contribution in [0.1, 0.15) is 25.3 Å². The Morgan fingerprint density at radius 3 is 2.56 bits per heavy atom. The second kappa shape index (κ2) is 7.16. The Morgan fingerprint density at radius 2 is 1.94 bits per heavy atom. The Bertz CT molecular complexity index is 326. The van der Waals surface area contributed by atoms with E-state index in [-0.39, 0.29) is 0 Å². The third-order valence-electron chi connectivity index (χ3n) is 2.80. The van der Waals surface area contributed by atoms with Crippen molar-refractivity contribution in [2.75, 3.05) is 13.6 Å². The molecule has 0 spiro atoms. The van der Waals surface area contributed by atoms with Crippen LogP contribution < -0.4 is 5.32 Å². The molecule has 0 amide bonds. The zero-order valence-electron chi connectivity index (χ0n) is 9.89. The van der Waals surface area contributed by atoms with Gasteiger partial charge in [0.15, 0.2) is 0 Å². The monoisotopic (exact) mass is 259 g/mol. The normalized spacial score (nSPS) is 12.8. The molecule has 0 bridgehead atoms. The molecule has 0 aliphatic heterocycles. The molecule has 0 aromatic heterocycles. The van der Waals surface area contributed by atoms with E-state index in [2.05, 4.69) is 18.3 Å². The molecule has 1 nitrogen and oxygen atoms in total. The van der Waals surface area contributed by atoms with Gasteiger partial charge in [-0.1, -0.05) is 36.2 Å². The number of aryl methyl sites for hydroxylation is 1. The van der Waals surface area contributed by atoms with Crippen molar-refractivity contribution in [2.45, 2.75) is 26.2 Å². The molecular formula is C13H19Cl2N. The van der Waals surface area contributed by atoms with Gasteiger partial charge < -0.3 is 5.32 Å². The minimum atomic E-state index is 0.633. The molecule has 1 N–H and O–H groups in total. The average Bonchev–Trinajstić information content (AvgIpc) is 2.28. The minimum absolute atomic E-state index is 0.633. The van der Waals surface area contributed by atoms with Crippen LogP contribution in [0, 0.1) is 5.92 Å². The fourth-order valence-electron chi connectivity index (χ4n) is 1.64. The standard InChI is InChI=1S/C13H19Cl2N/c1-10(7-8-16-2)3-4-11-5-6-12(14)13(15)9-11/h5-6,9-10,16H,3-4,7-8H2,1-2H3. The van der Waals surface area contributed by atoms with Crippen LogP contribution in [0.3, 0.4) is 0 Å². The highest BCUT2D eigenvalue weighted by Crippen LogP contribution is 2.24. The van der Waals surface area contributed by atoms with Crippen LogP contribution in [0.25, 0.3) is 0 Å². The van der Waals surface area contributed by atoms with Crippen molar-refractivity contribution in [1.82, 2.24) is 5.32 Å². The third kappa shape index (κ3) is 4.73. The second-order valence-corrected chi connectivity index (χ2v) is 5.10. The molecule has 1 rings (SSSR count). The fraction of sp³-hybridized carbons (Fsp3) is 0.538. The number of nitrogens with one attached hydrogen (secondary N) is 1. The Labute approximate surface area is 108 Å². The lowest BCUT2D eigenvalue weighted by Gasteiger charge is -2.11. The topological polar surface area (TPSA) is 12.0 Å². The van der Waals surface area contributed by atoms with E-state index in [0.717, 1.165) is 18.9 Å². The molecule has 16 heavy (non-hydrogen) atoms. The van der Waals surface area contributed by atoms with Crippen LogP contribution >= 0.6 is 23.2 Å². The summed E-state index contributed by atoms with van der Waals surface area (Å²) in [5, 5.41) is 4.46. The summed E-state index contributed by atoms with van der Waals surface area (Å²) in [6.07, 6.45) is 3.49. The predicted molar refractivity (Wildman–Crippen MR) is 72.5 cm³/mol. The Morgan fingerprint density at radius 1 is 1.19 bits per heavy atom. The molecule has 0 aliphatic carbocycles. The molecule has 0 fully saturated rings. The molecule has 0 saturated carbocycles. The first-order chi connectivity index (χ1) is 7.63. The van der Waals surface area contributed by atoms with Gasteiger partial charge in [0, 0.05) is 0 Å². The number of hydrogen-bond acceptors (Lipinski definition) is 1. The first-order valence-electron chi connectivity index (χ1n) is 5.72. The van der Waals surface area contributed by atoms with Crippen LogP contribution in [-0.4, -0.2) is 13.6 Å². The van der Waals surface area contributed by atoms with Crippen molar-refractivity contribution in [2.24, 2.45) is 5.92 Å². The highest BCUT2D eigenvalue weighted by atomic mass is 35.5. The molecule has 3 heteroatoms. The predicted octanol–water partition coefficient (Wildman–Crippen LogP) is 4.17. The van der Waals surface area contributed by atoms with Crippen molar-refractivity contribution >= 4 is 23.2 Å². The molecule has 1 aromatic carbocycles. The maximum Gasteiger partial charge on any atom is 0.0595 e. The molecule has 0 radical (unpaired) electrons. The summed E-state index contributed by atoms with van der Waals surface area (Å²) in [5.41, 5.74) is 1.27. The first-order valence-corrected chi connectivity index (χ1v) is 6.47. The van der Waals surface area contributed by atoms with Crippen LogP contribution in [-0.2, 0) is 6.42 Å². The average molecular weight is 260 g/mol. The van der Waals surface area contributed by atoms with E-state index in [1.165, 1.54) is 18.4 Å². The van der Waals surface area contributed by atoms with E-state index in [1.807, 2.05) is 19.2 Å². The highest BCUT2D eigenvalue weighted by molar-refractivity contribution is 6.42. The summed E-state index contributed by atoms with van der Waals surface area (Å²) in [7, 11) is 1.99. The van der Waals surface area contributed by atoms with Gasteiger partial charge in [0.2, 0.25) is 0 Å². The van der Waals surface area contributed by atoms with E-state index in [9.17, 15) is 0 Å². The molecule has 0 saturated heterocycles. The SMILES string of the molecule is CNCCC(C)CCc1ccc(Cl)c(Cl)c1. The summed E-state index contributed by atoms with van der Waals surface area (Å²) >= 11 is 11.8. The van der Waals surface area contributed by atoms with E-state index < -0.39 is 0 Å². The molecule has 90 valence electrons. The van der Waals surface area contributed by atoms with Crippen molar-refractivity contribution in [1.29, 1.82) is 0 Å². The summed E-state index contributed by atoms with van der Waals surface area (Å²) < 4.78 is 0. The molecule has 0 aliphatic rings. The van der Waals surface area contributed by atoms with Gasteiger partial charge in [0.05, 0.1) is 10.0 Å². The summed E-state index contributed by atoms with van der Waals surface area (Å²) in [4.78, 5) is 0. The molecule has 1 unspecified atom stereocenters. The van der Waals surface area contributed by atoms with Gasteiger partial charge in [0.1, 0.15) is 0 Å². The maximum absolute atomic E-state index is 5.97. The first kappa shape index (κ1) is 13.8. The van der Waals surface area contributed by atoms with E-state index in [0.29, 0.717) is 10.0 Å². The van der Waals surface area contributed by atoms with Crippen LogP contribution in [0.5, 0.6) is 0 Å². The fourth-order valence-corrected chi connectivity index (χ4v) is 1.96. The minimum Gasteiger partial charge on any atom is -0.320 e. The van der Waals surface area contributed by atoms with Crippen LogP contribution in [0.15, 0.2) is 18.2 Å². The Balaban J connectivity index is 2.39. The van der Waals surface area contributed by atoms with Crippen LogP contribution in [0.4, 0.5) is 0 Å². The summed E-state index contributed by atoms with van der Waals surface area (Å²) in [6.45, 7) is 3.37. The number of halogens is 2. The third-order valence-corrected chi connectivity index (χ3v) is 3.54.